The zero-order chi connectivity index (χ0) is 35.8. The molecular weight excluding hydrogens is 644 g/mol. The molecule has 2 fully saturated rings. The van der Waals surface area contributed by atoms with Gasteiger partial charge in [-0.15, -0.1) is 24.7 Å². The molecule has 15 heteroatoms. The number of rotatable bonds is 10. The first-order valence-electron chi connectivity index (χ1n) is 15.1. The maximum atomic E-state index is 15.7. The third-order valence-electron chi connectivity index (χ3n) is 7.79. The first kappa shape index (κ1) is 37.7. The minimum absolute atomic E-state index is 0.0260. The number of alkyl halides is 3. The molecule has 2 heterocycles. The molecule has 0 amide bonds. The van der Waals surface area contributed by atoms with E-state index in [2.05, 4.69) is 24.1 Å². The Morgan fingerprint density at radius 2 is 1.77 bits per heavy atom. The number of esters is 1. The number of benzene rings is 1. The number of pyridine rings is 1. The highest BCUT2D eigenvalue weighted by atomic mass is 19.4. The standard InChI is InChI=1S/C31H35FN2O7.C2HF3O2/c1-6-8-20(9-7-2)17-39-31(37)41-19(4)40-30(36)24-16-34(22-10-11-22)27-23(28(24)35)15-25(32)26(29(27)38-5)21-12-13-33-18(3)14-21;3-2(4,5)1(6)7/h1-2,15-16,18-22,33H,8-14,17H2,3-5H3;(H,6,7). The Balaban J connectivity index is 0.000000804. The molecule has 4 rings (SSSR count). The lowest BCUT2D eigenvalue weighted by atomic mass is 9.85. The fourth-order valence-electron chi connectivity index (χ4n) is 5.47. The van der Waals surface area contributed by atoms with Crippen molar-refractivity contribution < 1.29 is 61.3 Å². The van der Waals surface area contributed by atoms with E-state index in [-0.39, 0.29) is 35.4 Å². The molecule has 3 unspecified atom stereocenters. The van der Waals surface area contributed by atoms with Crippen molar-refractivity contribution in [2.45, 2.75) is 82.8 Å². The molecule has 260 valence electrons. The minimum atomic E-state index is -5.19. The van der Waals surface area contributed by atoms with Crippen molar-refractivity contribution in [1.29, 1.82) is 0 Å². The Labute approximate surface area is 273 Å². The number of hydrogen-bond donors (Lipinski definition) is 1. The molecular formula is C33H36F4N2O9. The zero-order valence-electron chi connectivity index (χ0n) is 26.6. The second-order valence-electron chi connectivity index (χ2n) is 11.6. The van der Waals surface area contributed by atoms with Gasteiger partial charge in [-0.3, -0.25) is 4.79 Å². The fourth-order valence-corrected chi connectivity index (χ4v) is 5.47. The van der Waals surface area contributed by atoms with Gasteiger partial charge in [-0.25, -0.2) is 14.0 Å². The second kappa shape index (κ2) is 16.4. The zero-order valence-corrected chi connectivity index (χ0v) is 26.6. The number of carboxylic acids is 1. The van der Waals surface area contributed by atoms with Crippen molar-refractivity contribution >= 4 is 29.0 Å². The Bertz CT molecular complexity index is 1640. The third kappa shape index (κ3) is 9.64. The predicted octanol–water partition coefficient (Wildman–Crippen LogP) is 2.93. The topological polar surface area (TPSA) is 150 Å². The van der Waals surface area contributed by atoms with Crippen LogP contribution in [0.5, 0.6) is 5.75 Å². The normalized spacial score (nSPS) is 18.0. The number of ether oxygens (including phenoxy) is 4. The number of carbonyl (C=O) groups is 3. The number of carbonyl (C=O) groups excluding carboxylic acids is 3. The number of aromatic nitrogens is 1. The number of piperidine rings is 1. The number of nitrogens with zero attached hydrogens (tertiary/aromatic N) is 1. The van der Waals surface area contributed by atoms with Crippen LogP contribution in [0.1, 0.15) is 80.3 Å². The van der Waals surface area contributed by atoms with Crippen molar-refractivity contribution in [2.75, 3.05) is 20.3 Å². The molecule has 1 aromatic heterocycles. The van der Waals surface area contributed by atoms with Crippen LogP contribution in [0, 0.1) is 36.4 Å². The predicted molar refractivity (Wildman–Crippen MR) is 160 cm³/mol. The van der Waals surface area contributed by atoms with Crippen LogP contribution >= 0.6 is 0 Å². The van der Waals surface area contributed by atoms with Crippen molar-refractivity contribution in [3.05, 3.63) is 39.4 Å². The molecule has 2 N–H and O–H groups in total. The molecule has 1 saturated heterocycles. The van der Waals surface area contributed by atoms with E-state index in [4.69, 9.17) is 41.7 Å². The van der Waals surface area contributed by atoms with E-state index >= 15 is 4.39 Å². The average Bonchev–Trinajstić information content (AvgIpc) is 3.85. The van der Waals surface area contributed by atoms with E-state index in [1.165, 1.54) is 26.3 Å². The monoisotopic (exact) mass is 680 g/mol. The van der Waals surface area contributed by atoms with Crippen molar-refractivity contribution in [3.63, 3.8) is 0 Å². The van der Waals surface area contributed by atoms with Gasteiger partial charge < -0.3 is 38.7 Å². The van der Waals surface area contributed by atoms with Crippen LogP contribution in [-0.2, 0) is 19.0 Å². The summed E-state index contributed by atoms with van der Waals surface area (Å²) < 4.78 is 70.1. The van der Waals surface area contributed by atoms with Gasteiger partial charge in [-0.1, -0.05) is 0 Å². The lowest BCUT2D eigenvalue weighted by Crippen LogP contribution is -2.91. The van der Waals surface area contributed by atoms with Crippen LogP contribution in [0.4, 0.5) is 22.4 Å². The molecule has 48 heavy (non-hydrogen) atoms. The van der Waals surface area contributed by atoms with Crippen LogP contribution in [0.25, 0.3) is 10.9 Å². The second-order valence-corrected chi connectivity index (χ2v) is 11.6. The van der Waals surface area contributed by atoms with E-state index < -0.39 is 41.8 Å². The minimum Gasteiger partial charge on any atom is -0.542 e. The van der Waals surface area contributed by atoms with E-state index in [1.807, 2.05) is 4.57 Å². The van der Waals surface area contributed by atoms with Crippen LogP contribution in [0.2, 0.25) is 0 Å². The Kier molecular flexibility index (Phi) is 12.9. The van der Waals surface area contributed by atoms with Gasteiger partial charge >= 0.3 is 18.3 Å². The highest BCUT2D eigenvalue weighted by Crippen LogP contribution is 2.44. The highest BCUT2D eigenvalue weighted by molar-refractivity contribution is 5.96. The molecule has 1 aromatic carbocycles. The molecule has 0 radical (unpaired) electrons. The quantitative estimate of drug-likeness (QED) is 0.173. The highest BCUT2D eigenvalue weighted by Gasteiger charge is 2.34. The Morgan fingerprint density at radius 3 is 2.29 bits per heavy atom. The summed E-state index contributed by atoms with van der Waals surface area (Å²) in [6, 6.07) is 1.57. The van der Waals surface area contributed by atoms with Crippen molar-refractivity contribution in [1.82, 2.24) is 4.57 Å². The number of carboxylic acid groups (broad SMARTS) is 1. The number of aliphatic carboxylic acids is 1. The van der Waals surface area contributed by atoms with E-state index in [0.717, 1.165) is 32.2 Å². The number of halogens is 4. The van der Waals surface area contributed by atoms with Crippen LogP contribution in [-0.4, -0.2) is 61.4 Å². The number of fused-ring (bicyclic) bond motifs is 1. The Morgan fingerprint density at radius 1 is 1.15 bits per heavy atom. The molecule has 0 spiro atoms. The van der Waals surface area contributed by atoms with E-state index in [0.29, 0.717) is 35.7 Å². The summed E-state index contributed by atoms with van der Waals surface area (Å²) in [4.78, 5) is 47.5. The van der Waals surface area contributed by atoms with Gasteiger partial charge in [0.25, 0.3) is 0 Å². The SMILES string of the molecule is C#CCC(CC#C)COC(=O)OC(C)OC(=O)c1cn(C2CC2)c2c(OC)c(C3CC[NH2+]C(C)C3)c(F)cc2c1=O.O=C([O-])C(F)(F)F. The number of nitrogens with two attached hydrogens (primary N) is 1. The number of terminal acetylenes is 2. The van der Waals surface area contributed by atoms with Gasteiger partial charge in [0.2, 0.25) is 11.7 Å². The largest absolute Gasteiger partial charge is 0.542 e. The smallest absolute Gasteiger partial charge is 0.511 e. The fraction of sp³-hybridized carbons (Fsp3) is 0.515. The lowest BCUT2D eigenvalue weighted by Gasteiger charge is -2.28. The average molecular weight is 681 g/mol. The first-order chi connectivity index (χ1) is 22.6. The summed E-state index contributed by atoms with van der Waals surface area (Å²) in [5.74, 6) is 0.431. The molecule has 0 bridgehead atoms. The molecule has 1 saturated carbocycles. The van der Waals surface area contributed by atoms with Crippen LogP contribution in [0.3, 0.4) is 0 Å². The molecule has 3 atom stereocenters. The number of hydrogen-bond acceptors (Lipinski definition) is 9. The summed E-state index contributed by atoms with van der Waals surface area (Å²) >= 11 is 0. The summed E-state index contributed by atoms with van der Waals surface area (Å²) in [7, 11) is 1.47. The molecule has 1 aliphatic heterocycles. The maximum Gasteiger partial charge on any atom is 0.511 e. The van der Waals surface area contributed by atoms with Gasteiger partial charge in [0, 0.05) is 62.2 Å². The van der Waals surface area contributed by atoms with E-state index in [1.54, 1.807) is 0 Å². The van der Waals surface area contributed by atoms with Crippen LogP contribution in [0.15, 0.2) is 17.1 Å². The molecule has 1 aliphatic carbocycles. The Hall–Kier alpha value is -4.76. The lowest BCUT2D eigenvalue weighted by molar-refractivity contribution is -0.695. The molecule has 2 aromatic rings. The molecule has 2 aliphatic rings. The number of quaternary nitrogens is 1. The summed E-state index contributed by atoms with van der Waals surface area (Å²) in [6.45, 7) is 4.24. The van der Waals surface area contributed by atoms with Gasteiger partial charge in [-0.05, 0) is 25.8 Å². The summed E-state index contributed by atoms with van der Waals surface area (Å²) in [5, 5.41) is 11.0. The maximum absolute atomic E-state index is 15.7. The van der Waals surface area contributed by atoms with Crippen LogP contribution < -0.4 is 20.6 Å². The third-order valence-corrected chi connectivity index (χ3v) is 7.79. The molecule has 11 nitrogen and oxygen atoms in total. The van der Waals surface area contributed by atoms with Gasteiger partial charge in [0.1, 0.15) is 23.1 Å². The van der Waals surface area contributed by atoms with Gasteiger partial charge in [-0.2, -0.15) is 13.2 Å². The summed E-state index contributed by atoms with van der Waals surface area (Å²) in [5.41, 5.74) is -0.0588. The first-order valence-corrected chi connectivity index (χ1v) is 15.1. The van der Waals surface area contributed by atoms with Crippen molar-refractivity contribution in [2.24, 2.45) is 5.92 Å². The summed E-state index contributed by atoms with van der Waals surface area (Å²) in [6.07, 6.45) is 8.29. The number of methoxy groups -OCH3 is 1. The van der Waals surface area contributed by atoms with Gasteiger partial charge in [0.15, 0.2) is 0 Å². The van der Waals surface area contributed by atoms with E-state index in [9.17, 15) is 27.6 Å². The van der Waals surface area contributed by atoms with Crippen molar-refractivity contribution in [3.8, 4) is 30.4 Å². The van der Waals surface area contributed by atoms with Gasteiger partial charge in [0.05, 0.1) is 37.2 Å².